The lowest BCUT2D eigenvalue weighted by Gasteiger charge is -2.33. The molecule has 0 unspecified atom stereocenters. The van der Waals surface area contributed by atoms with E-state index in [1.54, 1.807) is 16.2 Å². The second-order valence-electron chi connectivity index (χ2n) is 10.5. The Morgan fingerprint density at radius 2 is 1.82 bits per heavy atom. The molecule has 11 nitrogen and oxygen atoms in total. The first-order valence-corrected chi connectivity index (χ1v) is 16.1. The van der Waals surface area contributed by atoms with Crippen molar-refractivity contribution in [1.82, 2.24) is 28.7 Å². The van der Waals surface area contributed by atoms with Gasteiger partial charge in [0.05, 0.1) is 52.8 Å². The van der Waals surface area contributed by atoms with E-state index in [1.807, 2.05) is 34.9 Å². The Morgan fingerprint density at radius 3 is 2.58 bits per heavy atom. The highest BCUT2D eigenvalue weighted by Gasteiger charge is 2.42. The normalized spacial score (nSPS) is 19.3. The third-order valence-electron chi connectivity index (χ3n) is 7.79. The summed E-state index contributed by atoms with van der Waals surface area (Å²) in [6.45, 7) is 5.88. The van der Waals surface area contributed by atoms with Gasteiger partial charge < -0.3 is 14.5 Å². The van der Waals surface area contributed by atoms with Crippen LogP contribution in [0.4, 0.5) is 5.82 Å². The number of rotatable bonds is 7. The number of carbonyl (C=O) groups is 1. The number of aryl methyl sites for hydroxylation is 1. The maximum Gasteiger partial charge on any atom is 0.238 e. The molecule has 0 bridgehead atoms. The Hall–Kier alpha value is -3.13. The number of anilines is 1. The summed E-state index contributed by atoms with van der Waals surface area (Å²) < 4.78 is 35.3. The van der Waals surface area contributed by atoms with Gasteiger partial charge in [0.2, 0.25) is 21.9 Å². The molecule has 2 aliphatic heterocycles. The summed E-state index contributed by atoms with van der Waals surface area (Å²) >= 11 is 1.60. The summed E-state index contributed by atoms with van der Waals surface area (Å²) in [7, 11) is -3.36. The van der Waals surface area contributed by atoms with Crippen molar-refractivity contribution in [1.29, 1.82) is 0 Å². The van der Waals surface area contributed by atoms with Crippen LogP contribution in [-0.2, 0) is 32.5 Å². The van der Waals surface area contributed by atoms with Crippen LogP contribution in [0.3, 0.4) is 0 Å². The summed E-state index contributed by atoms with van der Waals surface area (Å²) in [4.78, 5) is 32.9. The lowest BCUT2D eigenvalue weighted by molar-refractivity contribution is -0.134. The smallest absolute Gasteiger partial charge is 0.238 e. The fourth-order valence-electron chi connectivity index (χ4n) is 5.49. The molecule has 3 fully saturated rings. The first-order chi connectivity index (χ1) is 19.4. The van der Waals surface area contributed by atoms with Crippen LogP contribution in [0.1, 0.15) is 30.5 Å². The van der Waals surface area contributed by atoms with Crippen LogP contribution in [0.2, 0.25) is 0 Å². The number of imidazole rings is 1. The van der Waals surface area contributed by atoms with Gasteiger partial charge in [0.15, 0.2) is 5.82 Å². The SMILES string of the molecule is CCc1nc2ccccc2n1-c1nc(N2CCOCC2)c2sc(CN3CCN(S(=O)(=O)C4CC4)CC3=O)cc2n1. The molecule has 1 amide bonds. The number of hydrogen-bond acceptors (Lipinski definition) is 9. The van der Waals surface area contributed by atoms with Gasteiger partial charge in [0, 0.05) is 37.5 Å². The molecular formula is C27H31N7O4S2. The van der Waals surface area contributed by atoms with E-state index in [9.17, 15) is 13.2 Å². The second kappa shape index (κ2) is 10.1. The molecule has 4 aromatic rings. The number of nitrogens with zero attached hydrogens (tertiary/aromatic N) is 7. The van der Waals surface area contributed by atoms with Gasteiger partial charge in [-0.05, 0) is 31.0 Å². The van der Waals surface area contributed by atoms with E-state index >= 15 is 0 Å². The summed E-state index contributed by atoms with van der Waals surface area (Å²) in [5.41, 5.74) is 2.70. The Kier molecular flexibility index (Phi) is 6.49. The highest BCUT2D eigenvalue weighted by molar-refractivity contribution is 7.90. The molecule has 0 radical (unpaired) electrons. The van der Waals surface area contributed by atoms with Crippen LogP contribution in [0.25, 0.3) is 27.2 Å². The molecule has 1 aliphatic carbocycles. The summed E-state index contributed by atoms with van der Waals surface area (Å²) in [5, 5.41) is -0.304. The minimum absolute atomic E-state index is 0.0831. The number of fused-ring (bicyclic) bond motifs is 2. The van der Waals surface area contributed by atoms with E-state index in [-0.39, 0.29) is 17.7 Å². The number of aromatic nitrogens is 4. The zero-order valence-electron chi connectivity index (χ0n) is 22.3. The Morgan fingerprint density at radius 1 is 1.02 bits per heavy atom. The van der Waals surface area contributed by atoms with E-state index in [2.05, 4.69) is 11.8 Å². The fraction of sp³-hybridized carbons (Fsp3) is 0.481. The molecule has 40 heavy (non-hydrogen) atoms. The van der Waals surface area contributed by atoms with Gasteiger partial charge in [0.25, 0.3) is 0 Å². The molecule has 3 aromatic heterocycles. The van der Waals surface area contributed by atoms with Crippen LogP contribution in [0, 0.1) is 0 Å². The number of sulfonamides is 1. The van der Waals surface area contributed by atoms with E-state index in [1.165, 1.54) is 4.31 Å². The van der Waals surface area contributed by atoms with E-state index in [4.69, 9.17) is 19.7 Å². The lowest BCUT2D eigenvalue weighted by atomic mass is 10.3. The fourth-order valence-corrected chi connectivity index (χ4v) is 8.40. The third-order valence-corrected chi connectivity index (χ3v) is 11.2. The maximum absolute atomic E-state index is 13.0. The number of ether oxygens (including phenoxy) is 1. The van der Waals surface area contributed by atoms with E-state index < -0.39 is 10.0 Å². The van der Waals surface area contributed by atoms with Gasteiger partial charge in [-0.25, -0.2) is 18.4 Å². The molecule has 0 N–H and O–H groups in total. The molecule has 2 saturated heterocycles. The van der Waals surface area contributed by atoms with Gasteiger partial charge in [-0.2, -0.15) is 9.29 Å². The predicted molar refractivity (Wildman–Crippen MR) is 153 cm³/mol. The van der Waals surface area contributed by atoms with Gasteiger partial charge in [-0.3, -0.25) is 9.36 Å². The number of carbonyl (C=O) groups excluding carboxylic acids is 1. The molecule has 1 saturated carbocycles. The molecule has 7 rings (SSSR count). The Labute approximate surface area is 236 Å². The second-order valence-corrected chi connectivity index (χ2v) is 13.8. The predicted octanol–water partition coefficient (Wildman–Crippen LogP) is 2.57. The summed E-state index contributed by atoms with van der Waals surface area (Å²) in [6.07, 6.45) is 2.13. The number of benzene rings is 1. The average molecular weight is 582 g/mol. The molecule has 0 atom stereocenters. The third kappa shape index (κ3) is 4.54. The summed E-state index contributed by atoms with van der Waals surface area (Å²) in [6, 6.07) is 10.1. The van der Waals surface area contributed by atoms with Crippen molar-refractivity contribution >= 4 is 54.3 Å². The molecular weight excluding hydrogens is 550 g/mol. The van der Waals surface area contributed by atoms with Crippen molar-refractivity contribution in [2.24, 2.45) is 0 Å². The summed E-state index contributed by atoms with van der Waals surface area (Å²) in [5.74, 6) is 2.18. The standard InChI is InChI=1S/C27H31N7O4S2/c1-2-23-28-20-5-3-4-6-22(20)34(23)27-29-21-15-18(39-25(21)26(30-27)31-11-13-38-14-12-31)16-32-9-10-33(17-24(32)35)40(36,37)19-7-8-19/h3-6,15,19H,2,7-14,16-17H2,1H3. The monoisotopic (exact) mass is 581 g/mol. The molecule has 13 heteroatoms. The number of para-hydroxylation sites is 2. The zero-order chi connectivity index (χ0) is 27.4. The molecule has 0 spiro atoms. The maximum atomic E-state index is 13.0. The van der Waals surface area contributed by atoms with Crippen molar-refractivity contribution in [2.45, 2.75) is 38.0 Å². The van der Waals surface area contributed by atoms with E-state index in [0.29, 0.717) is 51.6 Å². The minimum atomic E-state index is -3.36. The van der Waals surface area contributed by atoms with Crippen molar-refractivity contribution < 1.29 is 17.9 Å². The number of thiophene rings is 1. The quantitative estimate of drug-likeness (QED) is 0.327. The van der Waals surface area contributed by atoms with Crippen LogP contribution in [-0.4, -0.2) is 94.2 Å². The van der Waals surface area contributed by atoms with E-state index in [0.717, 1.165) is 57.3 Å². The van der Waals surface area contributed by atoms with Gasteiger partial charge >= 0.3 is 0 Å². The molecule has 5 heterocycles. The van der Waals surface area contributed by atoms with Crippen LogP contribution in [0.5, 0.6) is 0 Å². The van der Waals surface area contributed by atoms with Gasteiger partial charge in [-0.1, -0.05) is 19.1 Å². The van der Waals surface area contributed by atoms with Crippen molar-refractivity contribution in [3.05, 3.63) is 41.0 Å². The topological polar surface area (TPSA) is 114 Å². The Bertz CT molecular complexity index is 1710. The van der Waals surface area contributed by atoms with Crippen molar-refractivity contribution in [3.63, 3.8) is 0 Å². The van der Waals surface area contributed by atoms with Crippen LogP contribution in [0.15, 0.2) is 30.3 Å². The number of hydrogen-bond donors (Lipinski definition) is 0. The lowest BCUT2D eigenvalue weighted by Crippen LogP contribution is -2.52. The largest absolute Gasteiger partial charge is 0.378 e. The van der Waals surface area contributed by atoms with Crippen molar-refractivity contribution in [2.75, 3.05) is 50.8 Å². The average Bonchev–Trinajstić information content (AvgIpc) is 3.66. The number of piperazine rings is 1. The first-order valence-electron chi connectivity index (χ1n) is 13.8. The minimum Gasteiger partial charge on any atom is -0.378 e. The highest BCUT2D eigenvalue weighted by Crippen LogP contribution is 2.35. The molecule has 210 valence electrons. The molecule has 3 aliphatic rings. The Balaban J connectivity index is 1.24. The van der Waals surface area contributed by atoms with Crippen molar-refractivity contribution in [3.8, 4) is 5.95 Å². The highest BCUT2D eigenvalue weighted by atomic mass is 32.2. The molecule has 1 aromatic carbocycles. The van der Waals surface area contributed by atoms with Crippen LogP contribution >= 0.6 is 11.3 Å². The zero-order valence-corrected chi connectivity index (χ0v) is 24.0. The number of amides is 1. The first kappa shape index (κ1) is 25.8. The van der Waals surface area contributed by atoms with Gasteiger partial charge in [-0.15, -0.1) is 11.3 Å². The van der Waals surface area contributed by atoms with Crippen LogP contribution < -0.4 is 4.90 Å². The number of morpholine rings is 1. The van der Waals surface area contributed by atoms with Gasteiger partial charge in [0.1, 0.15) is 5.82 Å².